The molecule has 1 heterocycles. The molecule has 0 aliphatic heterocycles. The van der Waals surface area contributed by atoms with Crippen molar-refractivity contribution in [1.29, 1.82) is 0 Å². The van der Waals surface area contributed by atoms with Crippen molar-refractivity contribution in [2.24, 2.45) is 4.99 Å². The van der Waals surface area contributed by atoms with Crippen LogP contribution in [-0.2, 0) is 0 Å². The SMILES string of the molecule is CN(C)c1ccc(-n2cccc2C=Nc2cc(C(=O)O)ccc2Cl)cc1. The molecular weight excluding hydrogens is 350 g/mol. The highest BCUT2D eigenvalue weighted by molar-refractivity contribution is 6.33. The number of benzene rings is 2. The summed E-state index contributed by atoms with van der Waals surface area (Å²) in [6.45, 7) is 0. The molecule has 6 heteroatoms. The van der Waals surface area contributed by atoms with Crippen molar-refractivity contribution >= 4 is 35.2 Å². The molecule has 0 aliphatic carbocycles. The smallest absolute Gasteiger partial charge is 0.335 e. The second kappa shape index (κ2) is 7.45. The molecular formula is C20H18ClN3O2. The van der Waals surface area contributed by atoms with E-state index in [0.29, 0.717) is 10.7 Å². The molecule has 0 atom stereocenters. The van der Waals surface area contributed by atoms with Crippen molar-refractivity contribution in [3.8, 4) is 5.69 Å². The van der Waals surface area contributed by atoms with E-state index in [1.165, 1.54) is 18.2 Å². The van der Waals surface area contributed by atoms with Gasteiger partial charge in [-0.25, -0.2) is 4.79 Å². The number of carboxylic acids is 1. The second-order valence-corrected chi connectivity index (χ2v) is 6.35. The number of carbonyl (C=O) groups is 1. The number of aliphatic imine (C=N–C) groups is 1. The summed E-state index contributed by atoms with van der Waals surface area (Å²) in [6.07, 6.45) is 3.62. The lowest BCUT2D eigenvalue weighted by molar-refractivity contribution is 0.0697. The number of halogens is 1. The van der Waals surface area contributed by atoms with E-state index in [1.54, 1.807) is 6.21 Å². The number of nitrogens with zero attached hydrogens (tertiary/aromatic N) is 3. The molecule has 0 saturated carbocycles. The molecule has 26 heavy (non-hydrogen) atoms. The Morgan fingerprint density at radius 2 is 1.88 bits per heavy atom. The molecule has 1 N–H and O–H groups in total. The standard InChI is InChI=1S/C20H18ClN3O2/c1-23(2)15-6-8-16(9-7-15)24-11-3-4-17(24)13-22-19-12-14(20(25)26)5-10-18(19)21/h3-13H,1-2H3,(H,25,26). The lowest BCUT2D eigenvalue weighted by Crippen LogP contribution is -2.08. The van der Waals surface area contributed by atoms with Crippen LogP contribution >= 0.6 is 11.6 Å². The first-order valence-electron chi connectivity index (χ1n) is 7.98. The molecule has 5 nitrogen and oxygen atoms in total. The Kier molecular flexibility index (Phi) is 5.09. The largest absolute Gasteiger partial charge is 0.478 e. The Bertz CT molecular complexity index is 959. The van der Waals surface area contributed by atoms with Gasteiger partial charge in [-0.2, -0.15) is 0 Å². The van der Waals surface area contributed by atoms with E-state index in [4.69, 9.17) is 16.7 Å². The summed E-state index contributed by atoms with van der Waals surface area (Å²) < 4.78 is 2.00. The van der Waals surface area contributed by atoms with Gasteiger partial charge in [0.25, 0.3) is 0 Å². The van der Waals surface area contributed by atoms with Gasteiger partial charge in [0.2, 0.25) is 0 Å². The Hall–Kier alpha value is -3.05. The van der Waals surface area contributed by atoms with Crippen molar-refractivity contribution in [3.63, 3.8) is 0 Å². The minimum atomic E-state index is -1.01. The van der Waals surface area contributed by atoms with Crippen LogP contribution in [0.4, 0.5) is 11.4 Å². The highest BCUT2D eigenvalue weighted by atomic mass is 35.5. The van der Waals surface area contributed by atoms with Gasteiger partial charge >= 0.3 is 5.97 Å². The number of aromatic carboxylic acids is 1. The summed E-state index contributed by atoms with van der Waals surface area (Å²) in [7, 11) is 4.00. The molecule has 0 bridgehead atoms. The average molecular weight is 368 g/mol. The summed E-state index contributed by atoms with van der Waals surface area (Å²) in [5.41, 5.74) is 3.55. The molecule has 0 saturated heterocycles. The maximum absolute atomic E-state index is 11.1. The molecule has 1 aromatic heterocycles. The third-order valence-corrected chi connectivity index (χ3v) is 4.27. The first kappa shape index (κ1) is 17.8. The van der Waals surface area contributed by atoms with E-state index in [2.05, 4.69) is 4.99 Å². The summed E-state index contributed by atoms with van der Waals surface area (Å²) in [5.74, 6) is -1.01. The first-order chi connectivity index (χ1) is 12.5. The fourth-order valence-corrected chi connectivity index (χ4v) is 2.69. The Morgan fingerprint density at radius 1 is 1.15 bits per heavy atom. The minimum absolute atomic E-state index is 0.149. The molecule has 0 spiro atoms. The van der Waals surface area contributed by atoms with E-state index in [9.17, 15) is 4.79 Å². The van der Waals surface area contributed by atoms with Crippen LogP contribution < -0.4 is 4.90 Å². The van der Waals surface area contributed by atoms with Crippen LogP contribution in [-0.4, -0.2) is 36.0 Å². The van der Waals surface area contributed by atoms with E-state index in [-0.39, 0.29) is 5.56 Å². The Balaban J connectivity index is 1.91. The normalized spacial score (nSPS) is 11.0. The maximum Gasteiger partial charge on any atom is 0.335 e. The predicted molar refractivity (Wildman–Crippen MR) is 106 cm³/mol. The van der Waals surface area contributed by atoms with Crippen LogP contribution in [0.2, 0.25) is 5.02 Å². The zero-order valence-electron chi connectivity index (χ0n) is 14.4. The Labute approximate surface area is 156 Å². The van der Waals surface area contributed by atoms with Crippen molar-refractivity contribution in [3.05, 3.63) is 77.1 Å². The lowest BCUT2D eigenvalue weighted by atomic mass is 10.2. The summed E-state index contributed by atoms with van der Waals surface area (Å²) in [5, 5.41) is 9.51. The van der Waals surface area contributed by atoms with Gasteiger partial charge in [-0.3, -0.25) is 4.99 Å². The van der Waals surface area contributed by atoms with Gasteiger partial charge < -0.3 is 14.6 Å². The van der Waals surface area contributed by atoms with Gasteiger partial charge in [0, 0.05) is 31.7 Å². The quantitative estimate of drug-likeness (QED) is 0.668. The van der Waals surface area contributed by atoms with Crippen molar-refractivity contribution in [2.45, 2.75) is 0 Å². The maximum atomic E-state index is 11.1. The Morgan fingerprint density at radius 3 is 2.54 bits per heavy atom. The van der Waals surface area contributed by atoms with Gasteiger partial charge in [0.1, 0.15) is 0 Å². The van der Waals surface area contributed by atoms with Crippen LogP contribution in [0, 0.1) is 0 Å². The molecule has 3 aromatic rings. The van der Waals surface area contributed by atoms with E-state index in [0.717, 1.165) is 17.1 Å². The van der Waals surface area contributed by atoms with Crippen molar-refractivity contribution in [2.75, 3.05) is 19.0 Å². The monoisotopic (exact) mass is 367 g/mol. The number of hydrogen-bond acceptors (Lipinski definition) is 3. The number of anilines is 1. The van der Waals surface area contributed by atoms with Crippen LogP contribution in [0.15, 0.2) is 65.8 Å². The predicted octanol–water partition coefficient (Wildman–Crippen LogP) is 4.65. The van der Waals surface area contributed by atoms with E-state index in [1.807, 2.05) is 66.2 Å². The second-order valence-electron chi connectivity index (χ2n) is 5.94. The van der Waals surface area contributed by atoms with Crippen LogP contribution in [0.5, 0.6) is 0 Å². The summed E-state index contributed by atoms with van der Waals surface area (Å²) in [6, 6.07) is 16.5. The average Bonchev–Trinajstić information content (AvgIpc) is 3.09. The number of rotatable bonds is 5. The van der Waals surface area contributed by atoms with E-state index < -0.39 is 5.97 Å². The number of aromatic nitrogens is 1. The molecule has 0 aliphatic rings. The third kappa shape index (κ3) is 3.78. The van der Waals surface area contributed by atoms with E-state index >= 15 is 0 Å². The topological polar surface area (TPSA) is 57.8 Å². The van der Waals surface area contributed by atoms with Gasteiger partial charge in [-0.1, -0.05) is 11.6 Å². The molecule has 2 aromatic carbocycles. The highest BCUT2D eigenvalue weighted by Gasteiger charge is 2.07. The van der Waals surface area contributed by atoms with Crippen molar-refractivity contribution < 1.29 is 9.90 Å². The summed E-state index contributed by atoms with van der Waals surface area (Å²) in [4.78, 5) is 17.5. The third-order valence-electron chi connectivity index (χ3n) is 3.95. The van der Waals surface area contributed by atoms with Gasteiger partial charge in [0.05, 0.1) is 28.2 Å². The van der Waals surface area contributed by atoms with Crippen molar-refractivity contribution in [1.82, 2.24) is 4.57 Å². The molecule has 0 radical (unpaired) electrons. The molecule has 3 rings (SSSR count). The van der Waals surface area contributed by atoms with Gasteiger partial charge in [-0.05, 0) is 54.6 Å². The van der Waals surface area contributed by atoms with Crippen LogP contribution in [0.1, 0.15) is 16.1 Å². The molecule has 0 fully saturated rings. The first-order valence-corrected chi connectivity index (χ1v) is 8.35. The molecule has 0 amide bonds. The van der Waals surface area contributed by atoms with Gasteiger partial charge in [-0.15, -0.1) is 0 Å². The molecule has 132 valence electrons. The van der Waals surface area contributed by atoms with Crippen LogP contribution in [0.3, 0.4) is 0 Å². The number of carboxylic acid groups (broad SMARTS) is 1. The van der Waals surface area contributed by atoms with Crippen LogP contribution in [0.25, 0.3) is 5.69 Å². The fraction of sp³-hybridized carbons (Fsp3) is 0.100. The zero-order chi connectivity index (χ0) is 18.7. The minimum Gasteiger partial charge on any atom is -0.478 e. The van der Waals surface area contributed by atoms with Gasteiger partial charge in [0.15, 0.2) is 0 Å². The summed E-state index contributed by atoms with van der Waals surface area (Å²) >= 11 is 6.13. The molecule has 0 unspecified atom stereocenters. The lowest BCUT2D eigenvalue weighted by Gasteiger charge is -2.13. The fourth-order valence-electron chi connectivity index (χ4n) is 2.53. The highest BCUT2D eigenvalue weighted by Crippen LogP contribution is 2.26. The zero-order valence-corrected chi connectivity index (χ0v) is 15.2. The number of hydrogen-bond donors (Lipinski definition) is 1.